The number of ether oxygens (including phenoxy) is 2. The van der Waals surface area contributed by atoms with Crippen LogP contribution in [-0.2, 0) is 11.0 Å². The number of amides is 1. The van der Waals surface area contributed by atoms with Gasteiger partial charge in [0.15, 0.2) is 15.8 Å². The molecule has 0 spiro atoms. The molecule has 0 radical (unpaired) electrons. The lowest BCUT2D eigenvalue weighted by atomic mass is 10.1. The summed E-state index contributed by atoms with van der Waals surface area (Å²) in [7, 11) is 0. The van der Waals surface area contributed by atoms with Crippen LogP contribution < -0.4 is 14.4 Å². The van der Waals surface area contributed by atoms with E-state index in [0.717, 1.165) is 22.3 Å². The molecule has 0 aromatic heterocycles. The SMILES string of the molecule is CCOc1cc(/C=C2/SC(=S)N(c3ccc(Br)cc3)C2=O)ccc1Oc1ccc(C(F)(F)F)cc1[N+](=O)[O-]. The van der Waals surface area contributed by atoms with Crippen molar-refractivity contribution in [2.24, 2.45) is 0 Å². The van der Waals surface area contributed by atoms with Crippen LogP contribution in [0.4, 0.5) is 24.5 Å². The summed E-state index contributed by atoms with van der Waals surface area (Å²) in [5.41, 5.74) is -0.838. The van der Waals surface area contributed by atoms with Crippen molar-refractivity contribution in [3.8, 4) is 17.2 Å². The van der Waals surface area contributed by atoms with Gasteiger partial charge in [0, 0.05) is 10.5 Å². The van der Waals surface area contributed by atoms with E-state index in [-0.39, 0.29) is 29.8 Å². The van der Waals surface area contributed by atoms with Gasteiger partial charge in [0.1, 0.15) is 0 Å². The second kappa shape index (κ2) is 11.1. The van der Waals surface area contributed by atoms with Crippen LogP contribution in [0, 0.1) is 10.1 Å². The van der Waals surface area contributed by atoms with E-state index in [2.05, 4.69) is 15.9 Å². The zero-order chi connectivity index (χ0) is 27.6. The van der Waals surface area contributed by atoms with Crippen LogP contribution >= 0.6 is 39.9 Å². The molecule has 0 bridgehead atoms. The number of anilines is 1. The van der Waals surface area contributed by atoms with E-state index in [9.17, 15) is 28.1 Å². The summed E-state index contributed by atoms with van der Waals surface area (Å²) in [6.45, 7) is 1.92. The van der Waals surface area contributed by atoms with Crippen LogP contribution in [0.15, 0.2) is 70.0 Å². The molecule has 0 N–H and O–H groups in total. The summed E-state index contributed by atoms with van der Waals surface area (Å²) in [6.07, 6.45) is -3.13. The number of nitro groups is 1. The summed E-state index contributed by atoms with van der Waals surface area (Å²) in [5.74, 6) is -0.457. The first kappa shape index (κ1) is 27.6. The first-order valence-electron chi connectivity index (χ1n) is 10.8. The van der Waals surface area contributed by atoms with Crippen LogP contribution in [0.2, 0.25) is 0 Å². The molecular formula is C25H16BrF3N2O5S2. The lowest BCUT2D eigenvalue weighted by Crippen LogP contribution is -2.27. The molecule has 3 aromatic rings. The molecule has 1 aliphatic heterocycles. The van der Waals surface area contributed by atoms with E-state index in [0.29, 0.717) is 32.6 Å². The van der Waals surface area contributed by atoms with Crippen molar-refractivity contribution in [2.75, 3.05) is 11.5 Å². The van der Waals surface area contributed by atoms with Crippen LogP contribution in [0.25, 0.3) is 6.08 Å². The molecule has 1 fully saturated rings. The molecule has 1 saturated heterocycles. The van der Waals surface area contributed by atoms with Crippen molar-refractivity contribution >= 4 is 67.6 Å². The Labute approximate surface area is 232 Å². The number of halogens is 4. The van der Waals surface area contributed by atoms with E-state index in [1.54, 1.807) is 49.4 Å². The highest BCUT2D eigenvalue weighted by Gasteiger charge is 2.34. The van der Waals surface area contributed by atoms with Crippen molar-refractivity contribution in [1.82, 2.24) is 0 Å². The molecule has 1 amide bonds. The van der Waals surface area contributed by atoms with Gasteiger partial charge in [-0.15, -0.1) is 0 Å². The average Bonchev–Trinajstić information content (AvgIpc) is 3.13. The number of thiocarbonyl (C=S) groups is 1. The highest BCUT2D eigenvalue weighted by molar-refractivity contribution is 9.10. The summed E-state index contributed by atoms with van der Waals surface area (Å²) in [6, 6.07) is 13.7. The van der Waals surface area contributed by atoms with E-state index in [1.165, 1.54) is 11.0 Å². The molecule has 196 valence electrons. The lowest BCUT2D eigenvalue weighted by Gasteiger charge is -2.14. The third-order valence-electron chi connectivity index (χ3n) is 5.15. The number of carbonyl (C=O) groups excluding carboxylic acids is 1. The first-order valence-corrected chi connectivity index (χ1v) is 12.8. The van der Waals surface area contributed by atoms with E-state index >= 15 is 0 Å². The fourth-order valence-corrected chi connectivity index (χ4v) is 5.00. The number of hydrogen-bond acceptors (Lipinski definition) is 7. The molecule has 13 heteroatoms. The average molecular weight is 625 g/mol. The second-order valence-electron chi connectivity index (χ2n) is 7.67. The summed E-state index contributed by atoms with van der Waals surface area (Å²) >= 11 is 9.88. The van der Waals surface area contributed by atoms with E-state index < -0.39 is 22.4 Å². The molecule has 1 heterocycles. The Morgan fingerprint density at radius 1 is 1.08 bits per heavy atom. The monoisotopic (exact) mass is 624 g/mol. The third-order valence-corrected chi connectivity index (χ3v) is 6.98. The van der Waals surface area contributed by atoms with Gasteiger partial charge >= 0.3 is 11.9 Å². The molecule has 38 heavy (non-hydrogen) atoms. The molecule has 7 nitrogen and oxygen atoms in total. The van der Waals surface area contributed by atoms with Gasteiger partial charge in [0.2, 0.25) is 5.75 Å². The largest absolute Gasteiger partial charge is 0.490 e. The Morgan fingerprint density at radius 3 is 2.39 bits per heavy atom. The second-order valence-corrected chi connectivity index (χ2v) is 10.3. The van der Waals surface area contributed by atoms with Gasteiger partial charge in [0.05, 0.1) is 27.7 Å². The molecule has 3 aromatic carbocycles. The van der Waals surface area contributed by atoms with Crippen molar-refractivity contribution in [3.05, 3.63) is 91.3 Å². The van der Waals surface area contributed by atoms with Crippen LogP contribution in [0.5, 0.6) is 17.2 Å². The van der Waals surface area contributed by atoms with Gasteiger partial charge in [-0.3, -0.25) is 19.8 Å². The maximum atomic E-state index is 13.1. The fraction of sp³-hybridized carbons (Fsp3) is 0.120. The Kier molecular flexibility index (Phi) is 8.09. The number of benzene rings is 3. The zero-order valence-electron chi connectivity index (χ0n) is 19.3. The van der Waals surface area contributed by atoms with Gasteiger partial charge in [0.25, 0.3) is 5.91 Å². The Hall–Kier alpha value is -3.42. The van der Waals surface area contributed by atoms with Gasteiger partial charge in [-0.05, 0) is 67.1 Å². The van der Waals surface area contributed by atoms with Gasteiger partial charge in [-0.2, -0.15) is 13.2 Å². The Bertz CT molecular complexity index is 1460. The number of carbonyl (C=O) groups is 1. The number of hydrogen-bond donors (Lipinski definition) is 0. The number of nitro benzene ring substituents is 1. The molecular weight excluding hydrogens is 609 g/mol. The summed E-state index contributed by atoms with van der Waals surface area (Å²) < 4.78 is 51.5. The number of rotatable bonds is 7. The number of alkyl halides is 3. The van der Waals surface area contributed by atoms with Crippen molar-refractivity contribution in [1.29, 1.82) is 0 Å². The highest BCUT2D eigenvalue weighted by Crippen LogP contribution is 2.41. The Balaban J connectivity index is 1.64. The number of thioether (sulfide) groups is 1. The van der Waals surface area contributed by atoms with Crippen LogP contribution in [-0.4, -0.2) is 21.8 Å². The van der Waals surface area contributed by atoms with Crippen molar-refractivity contribution < 1.29 is 32.4 Å². The third kappa shape index (κ3) is 6.00. The van der Waals surface area contributed by atoms with Crippen LogP contribution in [0.3, 0.4) is 0 Å². The summed E-state index contributed by atoms with van der Waals surface area (Å²) in [4.78, 5) is 25.3. The van der Waals surface area contributed by atoms with Gasteiger partial charge in [-0.1, -0.05) is 46.0 Å². The van der Waals surface area contributed by atoms with E-state index in [1.807, 2.05) is 0 Å². The maximum absolute atomic E-state index is 13.1. The number of nitrogens with zero attached hydrogens (tertiary/aromatic N) is 2. The minimum Gasteiger partial charge on any atom is -0.490 e. The standard InChI is InChI=1S/C25H16BrF3N2O5S2/c1-2-35-21-11-14(12-22-23(32)30(24(37)38-22)17-7-5-16(26)6-8-17)3-9-20(21)36-19-10-4-15(25(27,28)29)13-18(19)31(33)34/h3-13H,2H2,1H3/b22-12+. The highest BCUT2D eigenvalue weighted by atomic mass is 79.9. The molecule has 0 saturated carbocycles. The molecule has 0 aliphatic carbocycles. The predicted molar refractivity (Wildman–Crippen MR) is 146 cm³/mol. The van der Waals surface area contributed by atoms with Crippen molar-refractivity contribution in [2.45, 2.75) is 13.1 Å². The first-order chi connectivity index (χ1) is 18.0. The quantitative estimate of drug-likeness (QED) is 0.114. The Morgan fingerprint density at radius 2 is 1.76 bits per heavy atom. The van der Waals surface area contributed by atoms with Gasteiger partial charge < -0.3 is 9.47 Å². The minimum atomic E-state index is -4.75. The minimum absolute atomic E-state index is 0.0503. The van der Waals surface area contributed by atoms with Crippen molar-refractivity contribution in [3.63, 3.8) is 0 Å². The molecule has 0 atom stereocenters. The molecule has 4 rings (SSSR count). The molecule has 0 unspecified atom stereocenters. The zero-order valence-corrected chi connectivity index (χ0v) is 22.5. The summed E-state index contributed by atoms with van der Waals surface area (Å²) in [5, 5.41) is 11.4. The topological polar surface area (TPSA) is 81.9 Å². The molecule has 1 aliphatic rings. The smallest absolute Gasteiger partial charge is 0.416 e. The van der Waals surface area contributed by atoms with Gasteiger partial charge in [-0.25, -0.2) is 0 Å². The van der Waals surface area contributed by atoms with Crippen LogP contribution in [0.1, 0.15) is 18.1 Å². The predicted octanol–water partition coefficient (Wildman–Crippen LogP) is 7.97. The normalized spacial score (nSPS) is 14.8. The maximum Gasteiger partial charge on any atom is 0.416 e. The fourth-order valence-electron chi connectivity index (χ4n) is 3.44. The van der Waals surface area contributed by atoms with E-state index in [4.69, 9.17) is 21.7 Å². The lowest BCUT2D eigenvalue weighted by molar-refractivity contribution is -0.385.